The number of nitrogens with zero attached hydrogens (tertiary/aromatic N) is 3. The van der Waals surface area contributed by atoms with E-state index in [1.807, 2.05) is 50.2 Å². The number of ether oxygens (including phenoxy) is 3. The summed E-state index contributed by atoms with van der Waals surface area (Å²) in [5.74, 6) is 2.26. The maximum Gasteiger partial charge on any atom is 0.282 e. The summed E-state index contributed by atoms with van der Waals surface area (Å²) >= 11 is 0. The zero-order valence-corrected chi connectivity index (χ0v) is 21.1. The first-order valence-electron chi connectivity index (χ1n) is 12.0. The van der Waals surface area contributed by atoms with Crippen molar-refractivity contribution in [1.82, 2.24) is 9.66 Å². The Morgan fingerprint density at radius 2 is 1.73 bits per heavy atom. The van der Waals surface area contributed by atoms with Gasteiger partial charge in [-0.3, -0.25) is 4.79 Å². The second kappa shape index (κ2) is 10.2. The van der Waals surface area contributed by atoms with Gasteiger partial charge in [0.1, 0.15) is 5.58 Å². The molecule has 0 unspecified atom stereocenters. The molecule has 0 aliphatic rings. The highest BCUT2D eigenvalue weighted by atomic mass is 16.5. The highest BCUT2D eigenvalue weighted by Crippen LogP contribution is 2.39. The quantitative estimate of drug-likeness (QED) is 0.249. The van der Waals surface area contributed by atoms with Crippen LogP contribution in [0.1, 0.15) is 25.8 Å². The number of hydrogen-bond acceptors (Lipinski definition) is 7. The van der Waals surface area contributed by atoms with Crippen LogP contribution in [-0.4, -0.2) is 36.2 Å². The van der Waals surface area contributed by atoms with Gasteiger partial charge in [-0.05, 0) is 49.7 Å². The van der Waals surface area contributed by atoms with Crippen LogP contribution >= 0.6 is 0 Å². The minimum atomic E-state index is -0.312. The Morgan fingerprint density at radius 3 is 2.43 bits per heavy atom. The molecule has 1 atom stereocenters. The molecule has 0 bridgehead atoms. The zero-order chi connectivity index (χ0) is 25.9. The minimum absolute atomic E-state index is 0.0177. The molecule has 0 fully saturated rings. The van der Waals surface area contributed by atoms with E-state index in [9.17, 15) is 4.79 Å². The Labute approximate surface area is 213 Å². The van der Waals surface area contributed by atoms with Crippen molar-refractivity contribution >= 4 is 28.1 Å². The number of fused-ring (bicyclic) bond motifs is 2. The lowest BCUT2D eigenvalue weighted by Crippen LogP contribution is -2.20. The highest BCUT2D eigenvalue weighted by Gasteiger charge is 2.18. The topological polar surface area (TPSA) is 88.1 Å². The second-order valence-electron chi connectivity index (χ2n) is 8.55. The average molecular weight is 498 g/mol. The number of benzene rings is 3. The molecule has 0 amide bonds. The zero-order valence-electron chi connectivity index (χ0n) is 21.1. The first kappa shape index (κ1) is 24.1. The van der Waals surface area contributed by atoms with Crippen molar-refractivity contribution in [2.45, 2.75) is 26.4 Å². The van der Waals surface area contributed by atoms with E-state index in [4.69, 9.17) is 23.6 Å². The Hall–Kier alpha value is -4.59. The molecule has 0 radical (unpaired) electrons. The minimum Gasteiger partial charge on any atom is -0.493 e. The van der Waals surface area contributed by atoms with Gasteiger partial charge in [-0.2, -0.15) is 9.78 Å². The maximum atomic E-state index is 13.5. The van der Waals surface area contributed by atoms with Crippen molar-refractivity contribution in [3.05, 3.63) is 82.6 Å². The predicted molar refractivity (Wildman–Crippen MR) is 144 cm³/mol. The van der Waals surface area contributed by atoms with Crippen molar-refractivity contribution in [3.8, 4) is 28.8 Å². The molecular weight excluding hydrogens is 470 g/mol. The van der Waals surface area contributed by atoms with Gasteiger partial charge in [0, 0.05) is 10.9 Å². The molecule has 0 spiro atoms. The highest BCUT2D eigenvalue weighted by molar-refractivity contribution is 5.85. The summed E-state index contributed by atoms with van der Waals surface area (Å²) in [5.41, 5.74) is 1.60. The van der Waals surface area contributed by atoms with Crippen LogP contribution in [0.2, 0.25) is 0 Å². The van der Waals surface area contributed by atoms with Crippen molar-refractivity contribution in [2.75, 3.05) is 14.2 Å². The van der Waals surface area contributed by atoms with E-state index >= 15 is 0 Å². The number of aromatic nitrogens is 2. The molecule has 2 aromatic heterocycles. The van der Waals surface area contributed by atoms with Crippen LogP contribution in [0.5, 0.6) is 17.2 Å². The van der Waals surface area contributed by atoms with Crippen molar-refractivity contribution in [2.24, 2.45) is 5.10 Å². The van der Waals surface area contributed by atoms with E-state index in [-0.39, 0.29) is 11.7 Å². The molecule has 0 aliphatic heterocycles. The van der Waals surface area contributed by atoms with E-state index in [1.54, 1.807) is 50.8 Å². The third-order valence-corrected chi connectivity index (χ3v) is 6.10. The number of para-hydroxylation sites is 2. The van der Waals surface area contributed by atoms with Crippen LogP contribution < -0.4 is 19.8 Å². The summed E-state index contributed by atoms with van der Waals surface area (Å²) < 4.78 is 24.5. The molecule has 5 aromatic rings. The summed E-state index contributed by atoms with van der Waals surface area (Å²) in [6, 6.07) is 20.2. The summed E-state index contributed by atoms with van der Waals surface area (Å²) in [6.07, 6.45) is 2.37. The molecule has 3 aromatic carbocycles. The van der Waals surface area contributed by atoms with Gasteiger partial charge >= 0.3 is 0 Å². The lowest BCUT2D eigenvalue weighted by molar-refractivity contribution is 0.198. The number of rotatable bonds is 8. The fourth-order valence-electron chi connectivity index (χ4n) is 3.98. The van der Waals surface area contributed by atoms with Crippen molar-refractivity contribution in [1.29, 1.82) is 0 Å². The van der Waals surface area contributed by atoms with Crippen LogP contribution in [0.15, 0.2) is 81.0 Å². The molecule has 0 N–H and O–H groups in total. The predicted octanol–water partition coefficient (Wildman–Crippen LogP) is 5.89. The molecule has 2 heterocycles. The standard InChI is InChI=1S/C29H27N3O5/c1-5-18(2)36-27-24(34-3)14-19(15-25(27)35-4)17-30-32-28(26-16-20-10-6-9-13-23(20)37-26)31-22-12-8-7-11-21(22)29(32)33/h6-18H,5H2,1-4H3/t18-/m1/s1. The van der Waals surface area contributed by atoms with Crippen LogP contribution in [-0.2, 0) is 0 Å². The van der Waals surface area contributed by atoms with Gasteiger partial charge in [-0.1, -0.05) is 37.3 Å². The SMILES string of the molecule is CC[C@@H](C)Oc1c(OC)cc(C=Nn2c(-c3cc4ccccc4o3)nc3ccccc3c2=O)cc1OC. The molecule has 5 rings (SSSR count). The molecular formula is C29H27N3O5. The number of furan rings is 1. The summed E-state index contributed by atoms with van der Waals surface area (Å²) in [6.45, 7) is 4.02. The number of hydrogen-bond donors (Lipinski definition) is 0. The molecule has 188 valence electrons. The van der Waals surface area contributed by atoms with E-state index in [1.165, 1.54) is 4.68 Å². The average Bonchev–Trinajstić information content (AvgIpc) is 3.37. The monoisotopic (exact) mass is 497 g/mol. The Balaban J connectivity index is 1.65. The first-order chi connectivity index (χ1) is 18.0. The first-order valence-corrected chi connectivity index (χ1v) is 12.0. The van der Waals surface area contributed by atoms with Gasteiger partial charge in [0.05, 0.1) is 37.4 Å². The molecule has 0 aliphatic carbocycles. The van der Waals surface area contributed by atoms with Crippen LogP contribution in [0.25, 0.3) is 33.5 Å². The van der Waals surface area contributed by atoms with E-state index in [2.05, 4.69) is 5.10 Å². The summed E-state index contributed by atoms with van der Waals surface area (Å²) in [4.78, 5) is 18.2. The normalized spacial score (nSPS) is 12.3. The smallest absolute Gasteiger partial charge is 0.282 e. The lowest BCUT2D eigenvalue weighted by atomic mass is 10.2. The summed E-state index contributed by atoms with van der Waals surface area (Å²) in [7, 11) is 3.13. The van der Waals surface area contributed by atoms with Crippen molar-refractivity contribution < 1.29 is 18.6 Å². The van der Waals surface area contributed by atoms with Gasteiger partial charge in [0.15, 0.2) is 17.3 Å². The Kier molecular flexibility index (Phi) is 6.64. The molecule has 8 heteroatoms. The van der Waals surface area contributed by atoms with Crippen LogP contribution in [0.4, 0.5) is 0 Å². The Morgan fingerprint density at radius 1 is 1.03 bits per heavy atom. The van der Waals surface area contributed by atoms with E-state index < -0.39 is 0 Å². The fraction of sp³-hybridized carbons (Fsp3) is 0.207. The molecule has 0 saturated carbocycles. The van der Waals surface area contributed by atoms with Crippen molar-refractivity contribution in [3.63, 3.8) is 0 Å². The van der Waals surface area contributed by atoms with Gasteiger partial charge in [0.25, 0.3) is 5.56 Å². The van der Waals surface area contributed by atoms with Crippen LogP contribution in [0, 0.1) is 0 Å². The molecule has 0 saturated heterocycles. The largest absolute Gasteiger partial charge is 0.493 e. The third-order valence-electron chi connectivity index (χ3n) is 6.10. The van der Waals surface area contributed by atoms with Crippen LogP contribution in [0.3, 0.4) is 0 Å². The summed E-state index contributed by atoms with van der Waals surface area (Å²) in [5, 5.41) is 5.89. The number of methoxy groups -OCH3 is 2. The fourth-order valence-corrected chi connectivity index (χ4v) is 3.98. The van der Waals surface area contributed by atoms with Gasteiger partial charge < -0.3 is 18.6 Å². The van der Waals surface area contributed by atoms with Gasteiger partial charge in [-0.25, -0.2) is 4.98 Å². The molecule has 37 heavy (non-hydrogen) atoms. The maximum absolute atomic E-state index is 13.5. The van der Waals surface area contributed by atoms with E-state index in [0.717, 1.165) is 11.8 Å². The van der Waals surface area contributed by atoms with Gasteiger partial charge in [0.2, 0.25) is 11.6 Å². The van der Waals surface area contributed by atoms with E-state index in [0.29, 0.717) is 50.9 Å². The third kappa shape index (κ3) is 4.65. The van der Waals surface area contributed by atoms with Gasteiger partial charge in [-0.15, -0.1) is 0 Å². The Bertz CT molecular complexity index is 1610. The lowest BCUT2D eigenvalue weighted by Gasteiger charge is -2.18. The molecule has 8 nitrogen and oxygen atoms in total. The second-order valence-corrected chi connectivity index (χ2v) is 8.55.